The molecule has 0 atom stereocenters. The van der Waals surface area contributed by atoms with Crippen molar-refractivity contribution in [2.75, 3.05) is 11.9 Å². The third kappa shape index (κ3) is 3.62. The summed E-state index contributed by atoms with van der Waals surface area (Å²) in [5.41, 5.74) is -0.314. The van der Waals surface area contributed by atoms with Crippen LogP contribution in [0.25, 0.3) is 0 Å². The Hall–Kier alpha value is -2.97. The summed E-state index contributed by atoms with van der Waals surface area (Å²) in [4.78, 5) is 38.1. The number of hydrogen-bond acceptors (Lipinski definition) is 6. The van der Waals surface area contributed by atoms with Crippen LogP contribution in [-0.2, 0) is 13.6 Å². The van der Waals surface area contributed by atoms with Crippen molar-refractivity contribution in [3.8, 4) is 0 Å². The second-order valence-corrected chi connectivity index (χ2v) is 5.06. The number of nitrogens with one attached hydrogen (secondary N) is 1. The molecule has 2 aromatic rings. The number of nitrogens with zero attached hydrogens (tertiary/aromatic N) is 4. The molecule has 0 spiro atoms. The Morgan fingerprint density at radius 2 is 2.09 bits per heavy atom. The Morgan fingerprint density at radius 1 is 1.35 bits per heavy atom. The number of rotatable bonds is 6. The van der Waals surface area contributed by atoms with E-state index in [1.807, 2.05) is 0 Å². The molecule has 9 nitrogen and oxygen atoms in total. The van der Waals surface area contributed by atoms with Crippen LogP contribution in [0.15, 0.2) is 34.1 Å². The molecule has 0 amide bonds. The molecule has 2 rings (SSSR count). The maximum Gasteiger partial charge on any atom is 0.330 e. The Labute approximate surface area is 131 Å². The number of anilines is 1. The van der Waals surface area contributed by atoms with Crippen molar-refractivity contribution in [1.29, 1.82) is 0 Å². The largest absolute Gasteiger partial charge is 0.364 e. The summed E-state index contributed by atoms with van der Waals surface area (Å²) in [6.07, 6.45) is 3.35. The lowest BCUT2D eigenvalue weighted by atomic mass is 10.2. The van der Waals surface area contributed by atoms with Crippen molar-refractivity contribution >= 4 is 11.5 Å². The van der Waals surface area contributed by atoms with Crippen molar-refractivity contribution < 1.29 is 4.92 Å². The van der Waals surface area contributed by atoms with E-state index in [4.69, 9.17) is 0 Å². The molecule has 122 valence electrons. The van der Waals surface area contributed by atoms with Crippen LogP contribution in [0.2, 0.25) is 0 Å². The molecule has 0 aliphatic heterocycles. The van der Waals surface area contributed by atoms with Crippen molar-refractivity contribution in [2.45, 2.75) is 19.9 Å². The highest BCUT2D eigenvalue weighted by atomic mass is 16.6. The molecule has 0 saturated heterocycles. The van der Waals surface area contributed by atoms with E-state index in [0.29, 0.717) is 18.5 Å². The summed E-state index contributed by atoms with van der Waals surface area (Å²) < 4.78 is 2.45. The molecule has 0 aliphatic rings. The summed E-state index contributed by atoms with van der Waals surface area (Å²) >= 11 is 0. The average Bonchev–Trinajstić information content (AvgIpc) is 2.50. The summed E-state index contributed by atoms with van der Waals surface area (Å²) in [6.45, 7) is 2.21. The zero-order valence-corrected chi connectivity index (χ0v) is 12.9. The van der Waals surface area contributed by atoms with Crippen LogP contribution in [0.4, 0.5) is 11.5 Å². The van der Waals surface area contributed by atoms with Crippen LogP contribution >= 0.6 is 0 Å². The quantitative estimate of drug-likeness (QED) is 0.475. The monoisotopic (exact) mass is 319 g/mol. The molecule has 1 N–H and O–H groups in total. The molecule has 2 aromatic heterocycles. The molecule has 0 aromatic carbocycles. The highest BCUT2D eigenvalue weighted by molar-refractivity contribution is 5.59. The predicted molar refractivity (Wildman–Crippen MR) is 84.7 cm³/mol. The van der Waals surface area contributed by atoms with E-state index in [0.717, 1.165) is 4.57 Å². The van der Waals surface area contributed by atoms with E-state index in [1.165, 1.54) is 23.0 Å². The molecule has 0 fully saturated rings. The van der Waals surface area contributed by atoms with Gasteiger partial charge in [-0.1, -0.05) is 0 Å². The van der Waals surface area contributed by atoms with Gasteiger partial charge in [0.25, 0.3) is 5.56 Å². The molecule has 0 saturated carbocycles. The molecular weight excluding hydrogens is 302 g/mol. The average molecular weight is 319 g/mol. The molecule has 0 unspecified atom stereocenters. The zero-order valence-electron chi connectivity index (χ0n) is 12.9. The minimum atomic E-state index is -0.484. The van der Waals surface area contributed by atoms with Crippen LogP contribution < -0.4 is 16.6 Å². The van der Waals surface area contributed by atoms with E-state index < -0.39 is 10.6 Å². The van der Waals surface area contributed by atoms with Gasteiger partial charge in [0.05, 0.1) is 4.92 Å². The molecule has 0 aliphatic carbocycles. The second-order valence-electron chi connectivity index (χ2n) is 5.06. The van der Waals surface area contributed by atoms with E-state index in [-0.39, 0.29) is 23.6 Å². The number of nitro groups is 1. The number of pyridine rings is 1. The van der Waals surface area contributed by atoms with Crippen LogP contribution in [0, 0.1) is 17.0 Å². The lowest BCUT2D eigenvalue weighted by Crippen LogP contribution is -2.38. The molecule has 2 heterocycles. The maximum absolute atomic E-state index is 11.8. The lowest BCUT2D eigenvalue weighted by molar-refractivity contribution is -0.384. The molecule has 9 heteroatoms. The van der Waals surface area contributed by atoms with Crippen LogP contribution in [0.3, 0.4) is 0 Å². The van der Waals surface area contributed by atoms with Gasteiger partial charge in [0.2, 0.25) is 5.82 Å². The van der Waals surface area contributed by atoms with Crippen LogP contribution in [0.1, 0.15) is 12.0 Å². The predicted octanol–water partition coefficient (Wildman–Crippen LogP) is 0.661. The van der Waals surface area contributed by atoms with E-state index in [9.17, 15) is 19.7 Å². The first kappa shape index (κ1) is 16.4. The minimum absolute atomic E-state index is 0.0692. The minimum Gasteiger partial charge on any atom is -0.364 e. The van der Waals surface area contributed by atoms with Gasteiger partial charge in [-0.2, -0.15) is 0 Å². The van der Waals surface area contributed by atoms with Crippen molar-refractivity contribution in [1.82, 2.24) is 14.1 Å². The lowest BCUT2D eigenvalue weighted by Gasteiger charge is -2.09. The number of aromatic nitrogens is 3. The smallest absolute Gasteiger partial charge is 0.330 e. The summed E-state index contributed by atoms with van der Waals surface area (Å²) in [6, 6.07) is 2.89. The third-order valence-electron chi connectivity index (χ3n) is 3.40. The van der Waals surface area contributed by atoms with Crippen molar-refractivity contribution in [2.24, 2.45) is 7.05 Å². The van der Waals surface area contributed by atoms with Gasteiger partial charge in [0, 0.05) is 44.2 Å². The first-order chi connectivity index (χ1) is 10.9. The van der Waals surface area contributed by atoms with Gasteiger partial charge in [0.15, 0.2) is 0 Å². The maximum atomic E-state index is 11.8. The molecule has 0 radical (unpaired) electrons. The Kier molecular flexibility index (Phi) is 4.89. The fraction of sp³-hybridized carbons (Fsp3) is 0.357. The molecular formula is C14H17N5O4. The fourth-order valence-corrected chi connectivity index (χ4v) is 2.17. The van der Waals surface area contributed by atoms with E-state index in [2.05, 4.69) is 10.3 Å². The zero-order chi connectivity index (χ0) is 17.0. The first-order valence-electron chi connectivity index (χ1n) is 7.02. The number of aryl methyl sites for hydroxylation is 2. The van der Waals surface area contributed by atoms with Gasteiger partial charge in [-0.3, -0.25) is 19.5 Å². The van der Waals surface area contributed by atoms with Crippen LogP contribution in [0.5, 0.6) is 0 Å². The SMILES string of the molecule is Cc1ccnc(NCCCn2c(=O)ccn(C)c2=O)c1[N+](=O)[O-]. The highest BCUT2D eigenvalue weighted by Gasteiger charge is 2.17. The van der Waals surface area contributed by atoms with Crippen LogP contribution in [-0.4, -0.2) is 25.6 Å². The molecule has 0 bridgehead atoms. The second kappa shape index (κ2) is 6.86. The topological polar surface area (TPSA) is 112 Å². The van der Waals surface area contributed by atoms with Gasteiger partial charge in [0.1, 0.15) is 0 Å². The normalized spacial score (nSPS) is 10.5. The standard InChI is InChI=1S/C14H17N5O4/c1-10-4-7-16-13(12(10)19(22)23)15-6-3-8-18-11(20)5-9-17(2)14(18)21/h4-5,7,9H,3,6,8H2,1-2H3,(H,15,16). The summed E-state index contributed by atoms with van der Waals surface area (Å²) in [7, 11) is 1.57. The fourth-order valence-electron chi connectivity index (χ4n) is 2.17. The van der Waals surface area contributed by atoms with Crippen molar-refractivity contribution in [3.05, 3.63) is 61.0 Å². The highest BCUT2D eigenvalue weighted by Crippen LogP contribution is 2.25. The van der Waals surface area contributed by atoms with Gasteiger partial charge < -0.3 is 9.88 Å². The van der Waals surface area contributed by atoms with Crippen molar-refractivity contribution in [3.63, 3.8) is 0 Å². The van der Waals surface area contributed by atoms with E-state index in [1.54, 1.807) is 20.0 Å². The van der Waals surface area contributed by atoms with Gasteiger partial charge >= 0.3 is 11.4 Å². The Morgan fingerprint density at radius 3 is 2.78 bits per heavy atom. The molecule has 23 heavy (non-hydrogen) atoms. The summed E-state index contributed by atoms with van der Waals surface area (Å²) in [5, 5.41) is 13.9. The Balaban J connectivity index is 2.04. The number of hydrogen-bond donors (Lipinski definition) is 1. The third-order valence-corrected chi connectivity index (χ3v) is 3.40. The van der Waals surface area contributed by atoms with Gasteiger partial charge in [-0.05, 0) is 19.4 Å². The van der Waals surface area contributed by atoms with Gasteiger partial charge in [-0.25, -0.2) is 9.78 Å². The first-order valence-corrected chi connectivity index (χ1v) is 7.02. The summed E-state index contributed by atoms with van der Waals surface area (Å²) in [5.74, 6) is 0.184. The van der Waals surface area contributed by atoms with Gasteiger partial charge in [-0.15, -0.1) is 0 Å². The Bertz CT molecular complexity index is 840. The van der Waals surface area contributed by atoms with E-state index >= 15 is 0 Å².